The number of amides is 1. The molecule has 1 fully saturated rings. The van der Waals surface area contributed by atoms with Crippen molar-refractivity contribution in [2.45, 2.75) is 45.1 Å². The topological polar surface area (TPSA) is 41.1 Å². The van der Waals surface area contributed by atoms with Crippen molar-refractivity contribution in [1.82, 2.24) is 5.32 Å². The molecule has 110 valence electrons. The van der Waals surface area contributed by atoms with Gasteiger partial charge in [-0.3, -0.25) is 4.79 Å². The molecule has 0 heterocycles. The first-order valence-electron chi connectivity index (χ1n) is 7.05. The molecule has 1 aliphatic rings. The summed E-state index contributed by atoms with van der Waals surface area (Å²) in [6, 6.07) is 3.43. The molecule has 0 unspecified atom stereocenters. The molecule has 3 nitrogen and oxygen atoms in total. The lowest BCUT2D eigenvalue weighted by molar-refractivity contribution is -0.120. The van der Waals surface area contributed by atoms with Crippen molar-refractivity contribution in [3.05, 3.63) is 28.0 Å². The third kappa shape index (κ3) is 4.20. The second kappa shape index (κ2) is 7.07. The predicted octanol–water partition coefficient (Wildman–Crippen LogP) is 3.76. The number of carbonyl (C=O) groups is 1. The lowest BCUT2D eigenvalue weighted by atomic mass is 9.95. The summed E-state index contributed by atoms with van der Waals surface area (Å²) in [5, 5.41) is 6.11. The molecule has 1 amide bonds. The Kier molecular flexibility index (Phi) is 5.40. The van der Waals surface area contributed by atoms with Crippen LogP contribution in [0.4, 0.5) is 10.1 Å². The fraction of sp³-hybridized carbons (Fsp3) is 0.533. The summed E-state index contributed by atoms with van der Waals surface area (Å²) in [6.07, 6.45) is 5.82. The average Bonchev–Trinajstić information content (AvgIpc) is 2.42. The third-order valence-electron chi connectivity index (χ3n) is 3.68. The highest BCUT2D eigenvalue weighted by Gasteiger charge is 2.15. The minimum absolute atomic E-state index is 0.00301. The van der Waals surface area contributed by atoms with E-state index in [1.165, 1.54) is 25.3 Å². The van der Waals surface area contributed by atoms with Crippen LogP contribution in [-0.2, 0) is 4.79 Å². The van der Waals surface area contributed by atoms with Gasteiger partial charge in [0.05, 0.1) is 11.0 Å². The van der Waals surface area contributed by atoms with E-state index in [1.54, 1.807) is 6.07 Å². The smallest absolute Gasteiger partial charge is 0.239 e. The Morgan fingerprint density at radius 1 is 1.35 bits per heavy atom. The predicted molar refractivity (Wildman–Crippen MR) is 82.3 cm³/mol. The first-order valence-corrected chi connectivity index (χ1v) is 7.84. The molecule has 2 N–H and O–H groups in total. The van der Waals surface area contributed by atoms with Gasteiger partial charge < -0.3 is 10.6 Å². The van der Waals surface area contributed by atoms with Gasteiger partial charge in [0, 0.05) is 11.7 Å². The van der Waals surface area contributed by atoms with Crippen molar-refractivity contribution in [1.29, 1.82) is 0 Å². The Morgan fingerprint density at radius 2 is 2.05 bits per heavy atom. The van der Waals surface area contributed by atoms with E-state index in [2.05, 4.69) is 26.6 Å². The minimum atomic E-state index is -0.292. The van der Waals surface area contributed by atoms with Gasteiger partial charge in [0.25, 0.3) is 0 Å². The highest BCUT2D eigenvalue weighted by molar-refractivity contribution is 9.10. The van der Waals surface area contributed by atoms with E-state index in [0.29, 0.717) is 10.5 Å². The number of benzene rings is 1. The highest BCUT2D eigenvalue weighted by Crippen LogP contribution is 2.24. The van der Waals surface area contributed by atoms with Crippen LogP contribution in [0.3, 0.4) is 0 Å². The maximum Gasteiger partial charge on any atom is 0.239 e. The van der Waals surface area contributed by atoms with Crippen molar-refractivity contribution in [2.24, 2.45) is 0 Å². The van der Waals surface area contributed by atoms with Crippen molar-refractivity contribution in [3.63, 3.8) is 0 Å². The van der Waals surface area contributed by atoms with E-state index < -0.39 is 0 Å². The van der Waals surface area contributed by atoms with E-state index >= 15 is 0 Å². The average molecular weight is 343 g/mol. The largest absolute Gasteiger partial charge is 0.376 e. The van der Waals surface area contributed by atoms with E-state index in [9.17, 15) is 9.18 Å². The van der Waals surface area contributed by atoms with Crippen LogP contribution in [0, 0.1) is 12.7 Å². The number of rotatable bonds is 4. The van der Waals surface area contributed by atoms with Gasteiger partial charge in [-0.1, -0.05) is 19.3 Å². The van der Waals surface area contributed by atoms with Gasteiger partial charge in [0.2, 0.25) is 5.91 Å². The first kappa shape index (κ1) is 15.3. The highest BCUT2D eigenvalue weighted by atomic mass is 79.9. The van der Waals surface area contributed by atoms with Crippen LogP contribution < -0.4 is 10.6 Å². The summed E-state index contributed by atoms with van der Waals surface area (Å²) in [7, 11) is 0. The summed E-state index contributed by atoms with van der Waals surface area (Å²) in [4.78, 5) is 11.9. The number of nitrogens with one attached hydrogen (secondary N) is 2. The molecule has 1 aromatic rings. The van der Waals surface area contributed by atoms with Gasteiger partial charge in [0.15, 0.2) is 0 Å². The lowest BCUT2D eigenvalue weighted by Gasteiger charge is -2.23. The molecule has 1 aromatic carbocycles. The molecular weight excluding hydrogens is 323 g/mol. The molecule has 0 radical (unpaired) electrons. The summed E-state index contributed by atoms with van der Waals surface area (Å²) in [6.45, 7) is 2.03. The van der Waals surface area contributed by atoms with Crippen molar-refractivity contribution in [3.8, 4) is 0 Å². The molecular formula is C15H20BrFN2O. The first-order chi connectivity index (χ1) is 9.56. The maximum absolute atomic E-state index is 13.3. The van der Waals surface area contributed by atoms with E-state index in [1.807, 2.05) is 6.92 Å². The van der Waals surface area contributed by atoms with E-state index in [-0.39, 0.29) is 18.3 Å². The molecule has 0 saturated heterocycles. The molecule has 0 bridgehead atoms. The fourth-order valence-corrected chi connectivity index (χ4v) is 2.88. The number of halogens is 2. The molecule has 0 aliphatic heterocycles. The molecule has 0 spiro atoms. The number of aryl methyl sites for hydroxylation is 1. The van der Waals surface area contributed by atoms with E-state index in [4.69, 9.17) is 0 Å². The van der Waals surface area contributed by atoms with Gasteiger partial charge in [0.1, 0.15) is 5.82 Å². The zero-order valence-electron chi connectivity index (χ0n) is 11.6. The fourth-order valence-electron chi connectivity index (χ4n) is 2.54. The molecule has 1 aliphatic carbocycles. The van der Waals surface area contributed by atoms with Gasteiger partial charge in [-0.15, -0.1) is 0 Å². The molecule has 2 rings (SSSR count). The normalized spacial score (nSPS) is 15.9. The van der Waals surface area contributed by atoms with Crippen molar-refractivity contribution in [2.75, 3.05) is 11.9 Å². The van der Waals surface area contributed by atoms with Crippen LogP contribution in [0.5, 0.6) is 0 Å². The van der Waals surface area contributed by atoms with Crippen LogP contribution in [-0.4, -0.2) is 18.5 Å². The zero-order chi connectivity index (χ0) is 14.5. The lowest BCUT2D eigenvalue weighted by Crippen LogP contribution is -2.39. The van der Waals surface area contributed by atoms with Crippen molar-refractivity contribution >= 4 is 27.5 Å². The van der Waals surface area contributed by atoms with Gasteiger partial charge in [-0.05, 0) is 53.4 Å². The second-order valence-corrected chi connectivity index (χ2v) is 6.19. The Bertz CT molecular complexity index is 487. The SMILES string of the molecule is Cc1cc(F)c(Br)cc1NCC(=O)NC1CCCCC1. The minimum Gasteiger partial charge on any atom is -0.376 e. The maximum atomic E-state index is 13.3. The molecule has 5 heteroatoms. The Morgan fingerprint density at radius 3 is 2.75 bits per heavy atom. The monoisotopic (exact) mass is 342 g/mol. The zero-order valence-corrected chi connectivity index (χ0v) is 13.2. The Balaban J connectivity index is 1.85. The van der Waals surface area contributed by atoms with Gasteiger partial charge in [-0.2, -0.15) is 0 Å². The third-order valence-corrected chi connectivity index (χ3v) is 4.28. The Hall–Kier alpha value is -1.10. The molecule has 0 atom stereocenters. The van der Waals surface area contributed by atoms with E-state index in [0.717, 1.165) is 24.1 Å². The van der Waals surface area contributed by atoms with Gasteiger partial charge >= 0.3 is 0 Å². The van der Waals surface area contributed by atoms with Gasteiger partial charge in [-0.25, -0.2) is 4.39 Å². The summed E-state index contributed by atoms with van der Waals surface area (Å²) < 4.78 is 13.7. The number of hydrogen-bond donors (Lipinski definition) is 2. The number of hydrogen-bond acceptors (Lipinski definition) is 2. The van der Waals surface area contributed by atoms with Crippen LogP contribution in [0.15, 0.2) is 16.6 Å². The van der Waals surface area contributed by atoms with Crippen LogP contribution in [0.25, 0.3) is 0 Å². The summed E-state index contributed by atoms with van der Waals surface area (Å²) in [5.74, 6) is -0.295. The summed E-state index contributed by atoms with van der Waals surface area (Å²) >= 11 is 3.15. The van der Waals surface area contributed by atoms with Crippen LogP contribution in [0.1, 0.15) is 37.7 Å². The van der Waals surface area contributed by atoms with Crippen LogP contribution in [0.2, 0.25) is 0 Å². The summed E-state index contributed by atoms with van der Waals surface area (Å²) in [5.41, 5.74) is 1.56. The molecule has 20 heavy (non-hydrogen) atoms. The quantitative estimate of drug-likeness (QED) is 0.874. The Labute approximate surface area is 127 Å². The molecule has 1 saturated carbocycles. The van der Waals surface area contributed by atoms with Crippen molar-refractivity contribution < 1.29 is 9.18 Å². The second-order valence-electron chi connectivity index (χ2n) is 5.34. The number of anilines is 1. The standard InChI is InChI=1S/C15H20BrFN2O/c1-10-7-13(17)12(16)8-14(10)18-9-15(20)19-11-5-3-2-4-6-11/h7-8,11,18H,2-6,9H2,1H3,(H,19,20). The molecule has 0 aromatic heterocycles. The number of carbonyl (C=O) groups excluding carboxylic acids is 1. The van der Waals surface area contributed by atoms with Crippen LogP contribution >= 0.6 is 15.9 Å².